The highest BCUT2D eigenvalue weighted by molar-refractivity contribution is 14.1. The lowest BCUT2D eigenvalue weighted by Gasteiger charge is -2.07. The number of nitrogens with zero attached hydrogens (tertiary/aromatic N) is 2. The van der Waals surface area contributed by atoms with Crippen molar-refractivity contribution in [1.82, 2.24) is 9.38 Å². The van der Waals surface area contributed by atoms with E-state index in [1.807, 2.05) is 6.07 Å². The average Bonchev–Trinajstić information content (AvgIpc) is 2.86. The second kappa shape index (κ2) is 4.59. The summed E-state index contributed by atoms with van der Waals surface area (Å²) in [6.45, 7) is 0. The van der Waals surface area contributed by atoms with E-state index in [0.29, 0.717) is 0 Å². The fourth-order valence-electron chi connectivity index (χ4n) is 2.56. The highest BCUT2D eigenvalue weighted by atomic mass is 127. The largest absolute Gasteiger partial charge is 0.292 e. The zero-order valence-electron chi connectivity index (χ0n) is 10.6. The number of aromatic nitrogens is 2. The molecule has 0 N–H and O–H groups in total. The van der Waals surface area contributed by atoms with Crippen molar-refractivity contribution in [2.45, 2.75) is 0 Å². The molecule has 3 heteroatoms. The van der Waals surface area contributed by atoms with Crippen LogP contribution in [0, 0.1) is 3.57 Å². The van der Waals surface area contributed by atoms with Gasteiger partial charge in [0.15, 0.2) is 0 Å². The molecule has 0 aliphatic rings. The van der Waals surface area contributed by atoms with Gasteiger partial charge in [-0.3, -0.25) is 4.40 Å². The molecule has 0 aliphatic heterocycles. The summed E-state index contributed by atoms with van der Waals surface area (Å²) in [4.78, 5) is 4.68. The van der Waals surface area contributed by atoms with E-state index < -0.39 is 0 Å². The molecule has 96 valence electrons. The van der Waals surface area contributed by atoms with Gasteiger partial charge in [-0.25, -0.2) is 4.98 Å². The van der Waals surface area contributed by atoms with Gasteiger partial charge in [0.1, 0.15) is 5.65 Å². The minimum absolute atomic E-state index is 0.988. The Labute approximate surface area is 130 Å². The van der Waals surface area contributed by atoms with Gasteiger partial charge >= 0.3 is 0 Å². The maximum Gasteiger partial charge on any atom is 0.138 e. The number of benzene rings is 2. The maximum absolute atomic E-state index is 4.68. The van der Waals surface area contributed by atoms with E-state index in [1.165, 1.54) is 14.8 Å². The van der Waals surface area contributed by atoms with Crippen LogP contribution in [0.15, 0.2) is 66.7 Å². The molecule has 2 aromatic carbocycles. The molecule has 0 atom stereocenters. The summed E-state index contributed by atoms with van der Waals surface area (Å²) in [6.07, 6.45) is 0. The van der Waals surface area contributed by atoms with Crippen molar-refractivity contribution in [3.05, 3.63) is 70.3 Å². The van der Waals surface area contributed by atoms with Crippen LogP contribution in [0.5, 0.6) is 0 Å². The normalized spacial score (nSPS) is 11.2. The van der Waals surface area contributed by atoms with Crippen molar-refractivity contribution in [3.8, 4) is 11.3 Å². The molecule has 0 spiro atoms. The third-order valence-corrected chi connectivity index (χ3v) is 4.19. The summed E-state index contributed by atoms with van der Waals surface area (Å²) in [5, 5.41) is 0. The summed E-state index contributed by atoms with van der Waals surface area (Å²) in [7, 11) is 0. The molecule has 0 saturated carbocycles. The van der Waals surface area contributed by atoms with Gasteiger partial charge in [0.25, 0.3) is 0 Å². The Morgan fingerprint density at radius 3 is 2.45 bits per heavy atom. The van der Waals surface area contributed by atoms with E-state index in [1.54, 1.807) is 0 Å². The van der Waals surface area contributed by atoms with Crippen LogP contribution in [-0.2, 0) is 0 Å². The topological polar surface area (TPSA) is 17.3 Å². The lowest BCUT2D eigenvalue weighted by atomic mass is 10.1. The Hall–Kier alpha value is -1.88. The molecule has 0 bridgehead atoms. The SMILES string of the molecule is Ic1ccc(-c2cccc3nc4ccccc4n23)cc1. The summed E-state index contributed by atoms with van der Waals surface area (Å²) < 4.78 is 3.46. The van der Waals surface area contributed by atoms with Crippen molar-refractivity contribution in [2.75, 3.05) is 0 Å². The fourth-order valence-corrected chi connectivity index (χ4v) is 2.92. The van der Waals surface area contributed by atoms with Crippen LogP contribution in [0.2, 0.25) is 0 Å². The van der Waals surface area contributed by atoms with Gasteiger partial charge in [0.2, 0.25) is 0 Å². The Bertz CT molecular complexity index is 907. The molecule has 4 rings (SSSR count). The van der Waals surface area contributed by atoms with Crippen LogP contribution in [-0.4, -0.2) is 9.38 Å². The lowest BCUT2D eigenvalue weighted by Crippen LogP contribution is -1.91. The van der Waals surface area contributed by atoms with Crippen LogP contribution < -0.4 is 0 Å². The predicted molar refractivity (Wildman–Crippen MR) is 90.9 cm³/mol. The van der Waals surface area contributed by atoms with Gasteiger partial charge in [-0.1, -0.05) is 30.3 Å². The van der Waals surface area contributed by atoms with Crippen LogP contribution >= 0.6 is 22.6 Å². The van der Waals surface area contributed by atoms with Crippen molar-refractivity contribution < 1.29 is 0 Å². The van der Waals surface area contributed by atoms with Gasteiger partial charge in [0.05, 0.1) is 16.7 Å². The number of halogens is 1. The quantitative estimate of drug-likeness (QED) is 0.442. The molecule has 0 saturated heterocycles. The van der Waals surface area contributed by atoms with Crippen LogP contribution in [0.3, 0.4) is 0 Å². The van der Waals surface area contributed by atoms with Crippen LogP contribution in [0.4, 0.5) is 0 Å². The molecule has 0 radical (unpaired) electrons. The molecule has 0 amide bonds. The molecule has 2 aromatic heterocycles. The molecule has 4 aromatic rings. The number of fused-ring (bicyclic) bond motifs is 3. The highest BCUT2D eigenvalue weighted by Gasteiger charge is 2.08. The number of hydrogen-bond donors (Lipinski definition) is 0. The van der Waals surface area contributed by atoms with E-state index in [9.17, 15) is 0 Å². The van der Waals surface area contributed by atoms with Gasteiger partial charge < -0.3 is 0 Å². The molecule has 20 heavy (non-hydrogen) atoms. The number of imidazole rings is 1. The van der Waals surface area contributed by atoms with E-state index in [-0.39, 0.29) is 0 Å². The summed E-state index contributed by atoms with van der Waals surface area (Å²) in [6, 6.07) is 23.1. The molecule has 0 aliphatic carbocycles. The minimum atomic E-state index is 0.988. The van der Waals surface area contributed by atoms with Crippen molar-refractivity contribution in [3.63, 3.8) is 0 Å². The molecule has 0 fully saturated rings. The third kappa shape index (κ3) is 1.81. The first-order valence-electron chi connectivity index (χ1n) is 6.45. The second-order valence-electron chi connectivity index (χ2n) is 4.71. The number of hydrogen-bond acceptors (Lipinski definition) is 1. The highest BCUT2D eigenvalue weighted by Crippen LogP contribution is 2.26. The Morgan fingerprint density at radius 2 is 1.60 bits per heavy atom. The van der Waals surface area contributed by atoms with E-state index in [4.69, 9.17) is 0 Å². The first-order chi connectivity index (χ1) is 9.83. The zero-order valence-corrected chi connectivity index (χ0v) is 12.8. The van der Waals surface area contributed by atoms with Crippen LogP contribution in [0.25, 0.3) is 27.9 Å². The van der Waals surface area contributed by atoms with Gasteiger partial charge in [0, 0.05) is 3.57 Å². The Balaban J connectivity index is 2.11. The molecular weight excluding hydrogens is 359 g/mol. The standard InChI is InChI=1S/C17H11IN2/c18-13-10-8-12(9-11-13)15-6-3-7-17-19-14-4-1-2-5-16(14)20(15)17/h1-11H. The van der Waals surface area contributed by atoms with Crippen molar-refractivity contribution in [2.24, 2.45) is 0 Å². The molecule has 2 nitrogen and oxygen atoms in total. The van der Waals surface area contributed by atoms with E-state index >= 15 is 0 Å². The summed E-state index contributed by atoms with van der Waals surface area (Å²) >= 11 is 2.33. The molecular formula is C17H11IN2. The zero-order chi connectivity index (χ0) is 13.5. The first-order valence-corrected chi connectivity index (χ1v) is 7.53. The van der Waals surface area contributed by atoms with Gasteiger partial charge in [-0.05, 0) is 64.6 Å². The number of rotatable bonds is 1. The second-order valence-corrected chi connectivity index (χ2v) is 5.96. The fraction of sp³-hybridized carbons (Fsp3) is 0. The maximum atomic E-state index is 4.68. The van der Waals surface area contributed by atoms with Gasteiger partial charge in [-0.2, -0.15) is 0 Å². The van der Waals surface area contributed by atoms with Crippen LogP contribution in [0.1, 0.15) is 0 Å². The Morgan fingerprint density at radius 1 is 0.800 bits per heavy atom. The monoisotopic (exact) mass is 370 g/mol. The van der Waals surface area contributed by atoms with Crippen molar-refractivity contribution in [1.29, 1.82) is 0 Å². The van der Waals surface area contributed by atoms with E-state index in [0.717, 1.165) is 16.7 Å². The number of pyridine rings is 1. The average molecular weight is 370 g/mol. The van der Waals surface area contributed by atoms with E-state index in [2.05, 4.69) is 92.6 Å². The first kappa shape index (κ1) is 11.9. The molecule has 0 unspecified atom stereocenters. The molecule has 2 heterocycles. The smallest absolute Gasteiger partial charge is 0.138 e. The Kier molecular flexibility index (Phi) is 2.73. The number of para-hydroxylation sites is 2. The summed E-state index contributed by atoms with van der Waals surface area (Å²) in [5.41, 5.74) is 5.55. The van der Waals surface area contributed by atoms with Crippen molar-refractivity contribution >= 4 is 39.3 Å². The third-order valence-electron chi connectivity index (χ3n) is 3.47. The minimum Gasteiger partial charge on any atom is -0.292 e. The predicted octanol–water partition coefficient (Wildman–Crippen LogP) is 4.76. The van der Waals surface area contributed by atoms with Gasteiger partial charge in [-0.15, -0.1) is 0 Å². The lowest BCUT2D eigenvalue weighted by molar-refractivity contribution is 1.23. The summed E-state index contributed by atoms with van der Waals surface area (Å²) in [5.74, 6) is 0.